The Kier molecular flexibility index (Phi) is 4.91. The van der Waals surface area contributed by atoms with Crippen LogP contribution in [0, 0.1) is 5.41 Å². The lowest BCUT2D eigenvalue weighted by Gasteiger charge is -2.15. The Morgan fingerprint density at radius 1 is 1.24 bits per heavy atom. The van der Waals surface area contributed by atoms with Crippen LogP contribution in [0.1, 0.15) is 30.9 Å². The predicted molar refractivity (Wildman–Crippen MR) is 90.8 cm³/mol. The second-order valence-electron chi connectivity index (χ2n) is 4.99. The second-order valence-corrected chi connectivity index (χ2v) is 6.32. The van der Waals surface area contributed by atoms with Crippen LogP contribution < -0.4 is 10.5 Å². The summed E-state index contributed by atoms with van der Waals surface area (Å²) < 4.78 is 6.94. The molecule has 0 radical (unpaired) electrons. The van der Waals surface area contributed by atoms with Crippen LogP contribution in [0.15, 0.2) is 40.9 Å². The highest BCUT2D eigenvalue weighted by Gasteiger charge is 2.11. The zero-order valence-electron chi connectivity index (χ0n) is 11.8. The van der Waals surface area contributed by atoms with Gasteiger partial charge in [-0.05, 0) is 41.8 Å². The lowest BCUT2D eigenvalue weighted by Crippen LogP contribution is -2.11. The van der Waals surface area contributed by atoms with Crippen LogP contribution in [0.4, 0.5) is 0 Å². The molecule has 5 heteroatoms. The summed E-state index contributed by atoms with van der Waals surface area (Å²) in [5, 5.41) is 7.83. The lowest BCUT2D eigenvalue weighted by atomic mass is 10.0. The molecule has 2 aromatic carbocycles. The van der Waals surface area contributed by atoms with Gasteiger partial charge in [0.1, 0.15) is 17.3 Å². The van der Waals surface area contributed by atoms with E-state index in [4.69, 9.17) is 27.5 Å². The minimum absolute atomic E-state index is 0.0574. The SMILES string of the molecule is CC(C)c1cc(Br)ccc1Oc1ccc(C(=N)N)c(Cl)c1. The molecule has 0 fully saturated rings. The van der Waals surface area contributed by atoms with Crippen LogP contribution in [-0.2, 0) is 0 Å². The lowest BCUT2D eigenvalue weighted by molar-refractivity contribution is 0.473. The molecule has 21 heavy (non-hydrogen) atoms. The van der Waals surface area contributed by atoms with E-state index in [0.29, 0.717) is 22.3 Å². The fraction of sp³-hybridized carbons (Fsp3) is 0.188. The molecule has 0 saturated heterocycles. The number of ether oxygens (including phenoxy) is 1. The van der Waals surface area contributed by atoms with Gasteiger partial charge in [-0.15, -0.1) is 0 Å². The number of hydrogen-bond acceptors (Lipinski definition) is 2. The Morgan fingerprint density at radius 3 is 2.52 bits per heavy atom. The van der Waals surface area contributed by atoms with Crippen molar-refractivity contribution in [2.45, 2.75) is 19.8 Å². The van der Waals surface area contributed by atoms with E-state index in [0.717, 1.165) is 15.8 Å². The molecule has 2 aromatic rings. The fourth-order valence-electron chi connectivity index (χ4n) is 1.97. The molecular weight excluding hydrogens is 352 g/mol. The summed E-state index contributed by atoms with van der Waals surface area (Å²) in [5.41, 5.74) is 7.06. The van der Waals surface area contributed by atoms with E-state index >= 15 is 0 Å². The van der Waals surface area contributed by atoms with Crippen LogP contribution in [-0.4, -0.2) is 5.84 Å². The molecule has 0 aliphatic carbocycles. The summed E-state index contributed by atoms with van der Waals surface area (Å²) in [6.45, 7) is 4.22. The Morgan fingerprint density at radius 2 is 1.95 bits per heavy atom. The second kappa shape index (κ2) is 6.50. The molecule has 0 aliphatic rings. The number of nitrogens with one attached hydrogen (secondary N) is 1. The van der Waals surface area contributed by atoms with E-state index in [1.165, 1.54) is 0 Å². The topological polar surface area (TPSA) is 59.1 Å². The average molecular weight is 368 g/mol. The largest absolute Gasteiger partial charge is 0.457 e. The molecule has 3 nitrogen and oxygen atoms in total. The van der Waals surface area contributed by atoms with Crippen LogP contribution in [0.3, 0.4) is 0 Å². The standard InChI is InChI=1S/C16H16BrClN2O/c1-9(2)13-7-10(17)3-6-15(13)21-11-4-5-12(16(19)20)14(18)8-11/h3-9H,1-2H3,(H3,19,20). The number of hydrogen-bond donors (Lipinski definition) is 2. The maximum absolute atomic E-state index is 7.43. The summed E-state index contributed by atoms with van der Waals surface area (Å²) in [7, 11) is 0. The van der Waals surface area contributed by atoms with E-state index in [9.17, 15) is 0 Å². The molecule has 3 N–H and O–H groups in total. The quantitative estimate of drug-likeness (QED) is 0.569. The molecule has 0 bridgehead atoms. The molecule has 2 rings (SSSR count). The van der Waals surface area contributed by atoms with Crippen molar-refractivity contribution in [3.05, 3.63) is 57.0 Å². The minimum atomic E-state index is -0.0574. The smallest absolute Gasteiger partial charge is 0.130 e. The highest BCUT2D eigenvalue weighted by Crippen LogP contribution is 2.34. The highest BCUT2D eigenvalue weighted by atomic mass is 79.9. The number of amidine groups is 1. The number of rotatable bonds is 4. The van der Waals surface area contributed by atoms with Gasteiger partial charge in [0.2, 0.25) is 0 Å². The summed E-state index contributed by atoms with van der Waals surface area (Å²) in [4.78, 5) is 0. The van der Waals surface area contributed by atoms with Crippen LogP contribution >= 0.6 is 27.5 Å². The van der Waals surface area contributed by atoms with E-state index < -0.39 is 0 Å². The Balaban J connectivity index is 2.34. The zero-order chi connectivity index (χ0) is 15.6. The van der Waals surface area contributed by atoms with Crippen molar-refractivity contribution >= 4 is 33.4 Å². The fourth-order valence-corrected chi connectivity index (χ4v) is 2.62. The molecule has 0 heterocycles. The molecule has 0 saturated carbocycles. The monoisotopic (exact) mass is 366 g/mol. The summed E-state index contributed by atoms with van der Waals surface area (Å²) in [6.07, 6.45) is 0. The highest BCUT2D eigenvalue weighted by molar-refractivity contribution is 9.10. The third-order valence-corrected chi connectivity index (χ3v) is 3.86. The van der Waals surface area contributed by atoms with Gasteiger partial charge in [0.15, 0.2) is 0 Å². The van der Waals surface area contributed by atoms with Gasteiger partial charge in [-0.2, -0.15) is 0 Å². The number of nitrogen functional groups attached to an aromatic ring is 1. The normalized spacial score (nSPS) is 10.7. The molecule has 0 spiro atoms. The maximum atomic E-state index is 7.43. The summed E-state index contributed by atoms with van der Waals surface area (Å²) in [5.74, 6) is 1.69. The molecule has 110 valence electrons. The molecule has 0 amide bonds. The van der Waals surface area contributed by atoms with Crippen molar-refractivity contribution in [2.24, 2.45) is 5.73 Å². The third kappa shape index (κ3) is 3.77. The predicted octanol–water partition coefficient (Wildman–Crippen LogP) is 5.30. The van der Waals surface area contributed by atoms with Crippen molar-refractivity contribution in [1.29, 1.82) is 5.41 Å². The van der Waals surface area contributed by atoms with Gasteiger partial charge in [-0.25, -0.2) is 0 Å². The molecule has 0 unspecified atom stereocenters. The van der Waals surface area contributed by atoms with Gasteiger partial charge < -0.3 is 10.5 Å². The van der Waals surface area contributed by atoms with E-state index in [1.54, 1.807) is 18.2 Å². The number of nitrogens with two attached hydrogens (primary N) is 1. The Bertz CT molecular complexity index is 686. The van der Waals surface area contributed by atoms with Crippen LogP contribution in [0.2, 0.25) is 5.02 Å². The minimum Gasteiger partial charge on any atom is -0.457 e. The van der Waals surface area contributed by atoms with E-state index in [2.05, 4.69) is 29.8 Å². The maximum Gasteiger partial charge on any atom is 0.130 e. The van der Waals surface area contributed by atoms with Crippen molar-refractivity contribution in [2.75, 3.05) is 0 Å². The van der Waals surface area contributed by atoms with Gasteiger partial charge in [0.05, 0.1) is 5.02 Å². The first kappa shape index (κ1) is 15.9. The van der Waals surface area contributed by atoms with Crippen LogP contribution in [0.25, 0.3) is 0 Å². The van der Waals surface area contributed by atoms with Gasteiger partial charge in [-0.1, -0.05) is 41.4 Å². The van der Waals surface area contributed by atoms with E-state index in [1.807, 2.05) is 18.2 Å². The number of benzene rings is 2. The Hall–Kier alpha value is -1.52. The zero-order valence-corrected chi connectivity index (χ0v) is 14.1. The average Bonchev–Trinajstić information content (AvgIpc) is 2.40. The summed E-state index contributed by atoms with van der Waals surface area (Å²) in [6, 6.07) is 11.0. The van der Waals surface area contributed by atoms with Crippen molar-refractivity contribution in [3.63, 3.8) is 0 Å². The van der Waals surface area contributed by atoms with Crippen molar-refractivity contribution < 1.29 is 4.74 Å². The summed E-state index contributed by atoms with van der Waals surface area (Å²) >= 11 is 9.58. The molecule has 0 aromatic heterocycles. The van der Waals surface area contributed by atoms with Gasteiger partial charge in [0.25, 0.3) is 0 Å². The first-order valence-corrected chi connectivity index (χ1v) is 7.67. The number of halogens is 2. The van der Waals surface area contributed by atoms with Gasteiger partial charge in [0, 0.05) is 16.1 Å². The Labute approximate surface area is 137 Å². The van der Waals surface area contributed by atoms with Crippen molar-refractivity contribution in [3.8, 4) is 11.5 Å². The molecular formula is C16H16BrClN2O. The molecule has 0 atom stereocenters. The molecule has 0 aliphatic heterocycles. The van der Waals surface area contributed by atoms with E-state index in [-0.39, 0.29) is 5.84 Å². The first-order chi connectivity index (χ1) is 9.88. The van der Waals surface area contributed by atoms with Crippen molar-refractivity contribution in [1.82, 2.24) is 0 Å². The van der Waals surface area contributed by atoms with Crippen LogP contribution in [0.5, 0.6) is 11.5 Å². The first-order valence-electron chi connectivity index (χ1n) is 6.49. The van der Waals surface area contributed by atoms with Gasteiger partial charge >= 0.3 is 0 Å². The van der Waals surface area contributed by atoms with Gasteiger partial charge in [-0.3, -0.25) is 5.41 Å². The third-order valence-electron chi connectivity index (χ3n) is 3.05.